The van der Waals surface area contributed by atoms with Gasteiger partial charge in [-0.15, -0.1) is 0 Å². The number of carbonyl (C=O) groups is 1. The van der Waals surface area contributed by atoms with Gasteiger partial charge in [0.15, 0.2) is 0 Å². The van der Waals surface area contributed by atoms with Crippen molar-refractivity contribution >= 4 is 5.97 Å². The Balaban J connectivity index is 1.98. The minimum Gasteiger partial charge on any atom is -0.491 e. The molecular formula is C15H21NO5. The Kier molecular flexibility index (Phi) is 5.55. The van der Waals surface area contributed by atoms with Gasteiger partial charge in [-0.2, -0.15) is 0 Å². The zero-order chi connectivity index (χ0) is 15.2. The number of benzene rings is 1. The Morgan fingerprint density at radius 2 is 2.14 bits per heavy atom. The van der Waals surface area contributed by atoms with Gasteiger partial charge < -0.3 is 20.1 Å². The topological polar surface area (TPSA) is 90.2 Å². The Morgan fingerprint density at radius 3 is 2.81 bits per heavy atom. The largest absolute Gasteiger partial charge is 0.491 e. The Hall–Kier alpha value is -1.63. The van der Waals surface area contributed by atoms with Crippen molar-refractivity contribution < 1.29 is 24.9 Å². The van der Waals surface area contributed by atoms with Crippen LogP contribution in [0, 0.1) is 5.92 Å². The average molecular weight is 295 g/mol. The molecule has 1 heterocycles. The number of carboxylic acids is 1. The number of rotatable bonds is 6. The van der Waals surface area contributed by atoms with Crippen LogP contribution in [-0.4, -0.2) is 58.6 Å². The number of aliphatic hydroxyl groups excluding tert-OH is 2. The summed E-state index contributed by atoms with van der Waals surface area (Å²) in [5.74, 6) is -0.905. The van der Waals surface area contributed by atoms with Crippen LogP contribution in [0.5, 0.6) is 5.75 Å². The highest BCUT2D eigenvalue weighted by Crippen LogP contribution is 2.24. The molecule has 116 valence electrons. The SMILES string of the molecule is O=C(O)[C@H]1CCN(Cc2ccccc2OCCO)C[C@H]1O. The van der Waals surface area contributed by atoms with E-state index in [1.807, 2.05) is 29.2 Å². The van der Waals surface area contributed by atoms with Crippen LogP contribution >= 0.6 is 0 Å². The van der Waals surface area contributed by atoms with E-state index in [0.29, 0.717) is 31.8 Å². The molecule has 6 nitrogen and oxygen atoms in total. The maximum atomic E-state index is 11.0. The predicted octanol–water partition coefficient (Wildman–Crippen LogP) is 0.325. The van der Waals surface area contributed by atoms with Crippen LogP contribution in [-0.2, 0) is 11.3 Å². The molecule has 0 bridgehead atoms. The number of para-hydroxylation sites is 1. The van der Waals surface area contributed by atoms with E-state index < -0.39 is 18.0 Å². The Bertz CT molecular complexity index is 479. The van der Waals surface area contributed by atoms with Gasteiger partial charge >= 0.3 is 5.97 Å². The lowest BCUT2D eigenvalue weighted by Crippen LogP contribution is -2.46. The van der Waals surface area contributed by atoms with Gasteiger partial charge in [0, 0.05) is 18.7 Å². The van der Waals surface area contributed by atoms with Gasteiger partial charge in [-0.05, 0) is 19.0 Å². The monoisotopic (exact) mass is 295 g/mol. The van der Waals surface area contributed by atoms with Crippen molar-refractivity contribution in [3.63, 3.8) is 0 Å². The summed E-state index contributed by atoms with van der Waals surface area (Å²) in [6.07, 6.45) is -0.405. The lowest BCUT2D eigenvalue weighted by Gasteiger charge is -2.34. The minimum atomic E-state index is -0.936. The van der Waals surface area contributed by atoms with Crippen LogP contribution in [0.15, 0.2) is 24.3 Å². The molecule has 6 heteroatoms. The molecule has 3 N–H and O–H groups in total. The zero-order valence-corrected chi connectivity index (χ0v) is 11.8. The lowest BCUT2D eigenvalue weighted by atomic mass is 9.94. The fourth-order valence-corrected chi connectivity index (χ4v) is 2.60. The van der Waals surface area contributed by atoms with Crippen molar-refractivity contribution in [1.82, 2.24) is 4.90 Å². The normalized spacial score (nSPS) is 23.0. The summed E-state index contributed by atoms with van der Waals surface area (Å²) in [7, 11) is 0. The van der Waals surface area contributed by atoms with Gasteiger partial charge in [0.25, 0.3) is 0 Å². The molecule has 0 saturated carbocycles. The van der Waals surface area contributed by atoms with E-state index in [1.165, 1.54) is 0 Å². The first kappa shape index (κ1) is 15.8. The number of aliphatic hydroxyl groups is 2. The number of likely N-dealkylation sites (tertiary alicyclic amines) is 1. The number of nitrogens with zero attached hydrogens (tertiary/aromatic N) is 1. The number of piperidine rings is 1. The van der Waals surface area contributed by atoms with E-state index in [-0.39, 0.29) is 13.2 Å². The first-order valence-electron chi connectivity index (χ1n) is 7.06. The van der Waals surface area contributed by atoms with Crippen molar-refractivity contribution in [2.75, 3.05) is 26.3 Å². The fraction of sp³-hybridized carbons (Fsp3) is 0.533. The summed E-state index contributed by atoms with van der Waals surface area (Å²) in [6.45, 7) is 1.75. The molecule has 1 aliphatic rings. The van der Waals surface area contributed by atoms with Crippen molar-refractivity contribution in [1.29, 1.82) is 0 Å². The summed E-state index contributed by atoms with van der Waals surface area (Å²) in [6, 6.07) is 7.54. The van der Waals surface area contributed by atoms with Crippen LogP contribution in [0.2, 0.25) is 0 Å². The Morgan fingerprint density at radius 1 is 1.38 bits per heavy atom. The smallest absolute Gasteiger partial charge is 0.309 e. The molecule has 0 spiro atoms. The van der Waals surface area contributed by atoms with Crippen LogP contribution in [0.25, 0.3) is 0 Å². The average Bonchev–Trinajstić information content (AvgIpc) is 2.46. The maximum absolute atomic E-state index is 11.0. The van der Waals surface area contributed by atoms with Gasteiger partial charge in [-0.25, -0.2) is 0 Å². The molecule has 0 radical (unpaired) electrons. The summed E-state index contributed by atoms with van der Waals surface area (Å²) in [5, 5.41) is 27.7. The number of aliphatic carboxylic acids is 1. The molecule has 1 aromatic rings. The second kappa shape index (κ2) is 7.40. The van der Waals surface area contributed by atoms with Crippen molar-refractivity contribution in [2.24, 2.45) is 5.92 Å². The maximum Gasteiger partial charge on any atom is 0.309 e. The van der Waals surface area contributed by atoms with Gasteiger partial charge in [-0.1, -0.05) is 18.2 Å². The van der Waals surface area contributed by atoms with E-state index in [0.717, 1.165) is 5.56 Å². The van der Waals surface area contributed by atoms with Crippen molar-refractivity contribution in [3.05, 3.63) is 29.8 Å². The summed E-state index contributed by atoms with van der Waals surface area (Å²) in [5.41, 5.74) is 0.965. The number of carboxylic acid groups (broad SMARTS) is 1. The van der Waals surface area contributed by atoms with E-state index in [9.17, 15) is 9.90 Å². The third-order valence-electron chi connectivity index (χ3n) is 3.70. The summed E-state index contributed by atoms with van der Waals surface area (Å²) >= 11 is 0. The summed E-state index contributed by atoms with van der Waals surface area (Å²) < 4.78 is 5.48. The Labute approximate surface area is 123 Å². The van der Waals surface area contributed by atoms with Gasteiger partial charge in [0.2, 0.25) is 0 Å². The highest BCUT2D eigenvalue weighted by atomic mass is 16.5. The molecule has 1 fully saturated rings. The number of hydrogen-bond acceptors (Lipinski definition) is 5. The molecule has 2 atom stereocenters. The third-order valence-corrected chi connectivity index (χ3v) is 3.70. The van der Waals surface area contributed by atoms with Crippen LogP contribution in [0.4, 0.5) is 0 Å². The van der Waals surface area contributed by atoms with Crippen molar-refractivity contribution in [2.45, 2.75) is 19.1 Å². The number of hydrogen-bond donors (Lipinski definition) is 3. The van der Waals surface area contributed by atoms with E-state index in [1.54, 1.807) is 0 Å². The molecule has 1 saturated heterocycles. The van der Waals surface area contributed by atoms with E-state index >= 15 is 0 Å². The van der Waals surface area contributed by atoms with Crippen molar-refractivity contribution in [3.8, 4) is 5.75 Å². The first-order valence-corrected chi connectivity index (χ1v) is 7.06. The molecule has 1 aliphatic heterocycles. The molecule has 2 rings (SSSR count). The van der Waals surface area contributed by atoms with E-state index in [4.69, 9.17) is 14.9 Å². The third kappa shape index (κ3) is 4.17. The second-order valence-corrected chi connectivity index (χ2v) is 5.22. The van der Waals surface area contributed by atoms with Crippen LogP contribution in [0.3, 0.4) is 0 Å². The quantitative estimate of drug-likeness (QED) is 0.700. The molecule has 1 aromatic carbocycles. The molecule has 0 unspecified atom stereocenters. The first-order chi connectivity index (χ1) is 10.1. The number of ether oxygens (including phenoxy) is 1. The van der Waals surface area contributed by atoms with Gasteiger partial charge in [-0.3, -0.25) is 9.69 Å². The molecule has 0 amide bonds. The lowest BCUT2D eigenvalue weighted by molar-refractivity contribution is -0.148. The zero-order valence-electron chi connectivity index (χ0n) is 11.8. The van der Waals surface area contributed by atoms with Gasteiger partial charge in [0.05, 0.1) is 18.6 Å². The summed E-state index contributed by atoms with van der Waals surface area (Å²) in [4.78, 5) is 13.0. The molecule has 0 aliphatic carbocycles. The highest BCUT2D eigenvalue weighted by molar-refractivity contribution is 5.70. The van der Waals surface area contributed by atoms with Gasteiger partial charge in [0.1, 0.15) is 12.4 Å². The second-order valence-electron chi connectivity index (χ2n) is 5.22. The van der Waals surface area contributed by atoms with Crippen LogP contribution in [0.1, 0.15) is 12.0 Å². The molecule has 21 heavy (non-hydrogen) atoms. The standard InChI is InChI=1S/C15H21NO5/c17-7-8-21-14-4-2-1-3-11(14)9-16-6-5-12(15(19)20)13(18)10-16/h1-4,12-13,17-18H,5-10H2,(H,19,20)/t12-,13+/m0/s1. The minimum absolute atomic E-state index is 0.0446. The number of β-amino-alcohol motifs (C(OH)–C–C–N with tert-alkyl or cyclic N) is 1. The molecule has 0 aromatic heterocycles. The highest BCUT2D eigenvalue weighted by Gasteiger charge is 2.32. The van der Waals surface area contributed by atoms with Crippen LogP contribution < -0.4 is 4.74 Å². The molecular weight excluding hydrogens is 274 g/mol. The van der Waals surface area contributed by atoms with E-state index in [2.05, 4.69) is 0 Å². The fourth-order valence-electron chi connectivity index (χ4n) is 2.60. The predicted molar refractivity (Wildman–Crippen MR) is 76.0 cm³/mol.